The van der Waals surface area contributed by atoms with Gasteiger partial charge in [-0.1, -0.05) is 44.2 Å². The van der Waals surface area contributed by atoms with Crippen LogP contribution in [-0.2, 0) is 22.5 Å². The van der Waals surface area contributed by atoms with Gasteiger partial charge in [0.25, 0.3) is 5.91 Å². The molecule has 1 aliphatic heterocycles. The van der Waals surface area contributed by atoms with Gasteiger partial charge in [-0.25, -0.2) is 4.79 Å². The first-order chi connectivity index (χ1) is 15.9. The minimum Gasteiger partial charge on any atom is -0.449 e. The predicted octanol–water partition coefficient (Wildman–Crippen LogP) is 4.80. The first kappa shape index (κ1) is 22.9. The van der Waals surface area contributed by atoms with Crippen LogP contribution in [0.5, 0.6) is 0 Å². The van der Waals surface area contributed by atoms with E-state index in [1.54, 1.807) is 0 Å². The fraction of sp³-hybridized carbons (Fsp3) is 0.370. The second-order valence-corrected chi connectivity index (χ2v) is 8.66. The van der Waals surface area contributed by atoms with E-state index in [-0.39, 0.29) is 5.91 Å². The number of amides is 1. The molecule has 1 aliphatic rings. The van der Waals surface area contributed by atoms with Gasteiger partial charge in [0.1, 0.15) is 0 Å². The topological polar surface area (TPSA) is 71.5 Å². The number of nitrogens with zero attached hydrogens (tertiary/aromatic N) is 2. The maximum Gasteiger partial charge on any atom is 0.340 e. The lowest BCUT2D eigenvalue weighted by Gasteiger charge is -2.29. The molecule has 0 saturated heterocycles. The van der Waals surface area contributed by atoms with E-state index in [9.17, 15) is 9.59 Å². The zero-order chi connectivity index (χ0) is 23.5. The standard InChI is InChI=1S/C27H31N3O3/c1-5-24(26(31)29-23-15-17(3)11-12-18(23)4)33-27(32)25-19-9-7-8-10-21(19)28-22-13-14-30(6-2)16-20(22)25/h7-12,15,24H,5-6,13-14,16H2,1-4H3,(H,29,31). The average molecular weight is 446 g/mol. The van der Waals surface area contributed by atoms with Gasteiger partial charge in [-0.2, -0.15) is 0 Å². The van der Waals surface area contributed by atoms with Gasteiger partial charge in [0.2, 0.25) is 0 Å². The first-order valence-electron chi connectivity index (χ1n) is 11.6. The number of benzene rings is 2. The molecule has 6 nitrogen and oxygen atoms in total. The molecule has 1 unspecified atom stereocenters. The molecule has 1 N–H and O–H groups in total. The number of fused-ring (bicyclic) bond motifs is 2. The molecule has 2 heterocycles. The van der Waals surface area contributed by atoms with Crippen molar-refractivity contribution < 1.29 is 14.3 Å². The number of esters is 1. The zero-order valence-electron chi connectivity index (χ0n) is 19.8. The Bertz CT molecular complexity index is 1200. The Balaban J connectivity index is 1.65. The van der Waals surface area contributed by atoms with Crippen LogP contribution in [0.3, 0.4) is 0 Å². The van der Waals surface area contributed by atoms with E-state index in [0.717, 1.165) is 58.5 Å². The van der Waals surface area contributed by atoms with E-state index < -0.39 is 12.1 Å². The number of pyridine rings is 1. The van der Waals surface area contributed by atoms with Crippen molar-refractivity contribution in [3.05, 3.63) is 70.4 Å². The number of likely N-dealkylation sites (N-methyl/N-ethyl adjacent to an activating group) is 1. The van der Waals surface area contributed by atoms with E-state index >= 15 is 0 Å². The van der Waals surface area contributed by atoms with Gasteiger partial charge in [-0.05, 0) is 50.1 Å². The van der Waals surface area contributed by atoms with E-state index in [2.05, 4.69) is 17.1 Å². The van der Waals surface area contributed by atoms with Crippen LogP contribution in [0.4, 0.5) is 5.69 Å². The quantitative estimate of drug-likeness (QED) is 0.552. The number of para-hydroxylation sites is 1. The van der Waals surface area contributed by atoms with Crippen molar-refractivity contribution in [1.29, 1.82) is 0 Å². The summed E-state index contributed by atoms with van der Waals surface area (Å²) >= 11 is 0. The third-order valence-corrected chi connectivity index (χ3v) is 6.34. The first-order valence-corrected chi connectivity index (χ1v) is 11.6. The van der Waals surface area contributed by atoms with Crippen molar-refractivity contribution in [2.24, 2.45) is 0 Å². The molecule has 4 rings (SSSR count). The maximum absolute atomic E-state index is 13.5. The molecule has 0 fully saturated rings. The molecule has 3 aromatic rings. The van der Waals surface area contributed by atoms with Crippen molar-refractivity contribution >= 4 is 28.5 Å². The Morgan fingerprint density at radius 3 is 2.70 bits per heavy atom. The van der Waals surface area contributed by atoms with Crippen LogP contribution in [0.15, 0.2) is 42.5 Å². The van der Waals surface area contributed by atoms with Gasteiger partial charge in [-0.15, -0.1) is 0 Å². The number of hydrogen-bond donors (Lipinski definition) is 1. The van der Waals surface area contributed by atoms with Gasteiger partial charge in [0.05, 0.1) is 11.1 Å². The normalized spacial score (nSPS) is 14.5. The van der Waals surface area contributed by atoms with Crippen LogP contribution in [0.25, 0.3) is 10.9 Å². The zero-order valence-corrected chi connectivity index (χ0v) is 19.8. The minimum absolute atomic E-state index is 0.318. The highest BCUT2D eigenvalue weighted by atomic mass is 16.5. The lowest BCUT2D eigenvalue weighted by molar-refractivity contribution is -0.124. The molecule has 6 heteroatoms. The molecule has 172 valence electrons. The fourth-order valence-corrected chi connectivity index (χ4v) is 4.34. The summed E-state index contributed by atoms with van der Waals surface area (Å²) in [5.41, 5.74) is 5.92. The Morgan fingerprint density at radius 2 is 1.94 bits per heavy atom. The number of carbonyl (C=O) groups is 2. The smallest absolute Gasteiger partial charge is 0.340 e. The maximum atomic E-state index is 13.5. The molecular formula is C27H31N3O3. The summed E-state index contributed by atoms with van der Waals surface area (Å²) < 4.78 is 5.84. The van der Waals surface area contributed by atoms with E-state index in [1.807, 2.05) is 63.2 Å². The van der Waals surface area contributed by atoms with E-state index in [1.165, 1.54) is 0 Å². The highest BCUT2D eigenvalue weighted by molar-refractivity contribution is 6.06. The van der Waals surface area contributed by atoms with E-state index in [0.29, 0.717) is 18.5 Å². The number of nitrogens with one attached hydrogen (secondary N) is 1. The van der Waals surface area contributed by atoms with Gasteiger partial charge in [-0.3, -0.25) is 14.7 Å². The number of aromatic nitrogens is 1. The summed E-state index contributed by atoms with van der Waals surface area (Å²) in [7, 11) is 0. The van der Waals surface area contributed by atoms with Gasteiger partial charge in [0, 0.05) is 41.8 Å². The van der Waals surface area contributed by atoms with Crippen LogP contribution >= 0.6 is 0 Å². The van der Waals surface area contributed by atoms with Crippen LogP contribution in [0.1, 0.15) is 53.0 Å². The molecule has 1 atom stereocenters. The summed E-state index contributed by atoms with van der Waals surface area (Å²) in [4.78, 5) is 33.7. The molecule has 0 saturated carbocycles. The summed E-state index contributed by atoms with van der Waals surface area (Å²) in [6.45, 7) is 10.3. The Kier molecular flexibility index (Phi) is 6.75. The van der Waals surface area contributed by atoms with Gasteiger partial charge >= 0.3 is 5.97 Å². The fourth-order valence-electron chi connectivity index (χ4n) is 4.34. The Labute approximate surface area is 195 Å². The minimum atomic E-state index is -0.883. The molecule has 0 aliphatic carbocycles. The van der Waals surface area contributed by atoms with Crippen LogP contribution in [0.2, 0.25) is 0 Å². The van der Waals surface area contributed by atoms with Crippen molar-refractivity contribution in [2.75, 3.05) is 18.4 Å². The van der Waals surface area contributed by atoms with Crippen molar-refractivity contribution in [1.82, 2.24) is 9.88 Å². The molecule has 0 spiro atoms. The summed E-state index contributed by atoms with van der Waals surface area (Å²) in [6.07, 6.45) is 0.290. The lowest BCUT2D eigenvalue weighted by Crippen LogP contribution is -2.35. The second kappa shape index (κ2) is 9.71. The SMILES string of the molecule is CCC(OC(=O)c1c2c(nc3ccccc13)CCN(CC)C2)C(=O)Nc1cc(C)ccc1C. The molecule has 0 bridgehead atoms. The number of anilines is 1. The van der Waals surface area contributed by atoms with Gasteiger partial charge in [0.15, 0.2) is 6.10 Å². The third kappa shape index (κ3) is 4.76. The Morgan fingerprint density at radius 1 is 1.15 bits per heavy atom. The molecule has 2 aromatic carbocycles. The van der Waals surface area contributed by atoms with Crippen LogP contribution in [-0.4, -0.2) is 41.0 Å². The summed E-state index contributed by atoms with van der Waals surface area (Å²) in [5.74, 6) is -0.785. The monoisotopic (exact) mass is 445 g/mol. The molecule has 1 aromatic heterocycles. The molecular weight excluding hydrogens is 414 g/mol. The average Bonchev–Trinajstić information content (AvgIpc) is 2.82. The number of hydrogen-bond acceptors (Lipinski definition) is 5. The number of rotatable bonds is 6. The summed E-state index contributed by atoms with van der Waals surface area (Å²) in [6, 6.07) is 13.5. The highest BCUT2D eigenvalue weighted by Crippen LogP contribution is 2.29. The van der Waals surface area contributed by atoms with Crippen molar-refractivity contribution in [2.45, 2.75) is 53.2 Å². The predicted molar refractivity (Wildman–Crippen MR) is 130 cm³/mol. The largest absolute Gasteiger partial charge is 0.449 e. The van der Waals surface area contributed by atoms with Gasteiger partial charge < -0.3 is 10.1 Å². The van der Waals surface area contributed by atoms with Crippen molar-refractivity contribution in [3.8, 4) is 0 Å². The Hall–Kier alpha value is -3.25. The molecule has 0 radical (unpaired) electrons. The molecule has 33 heavy (non-hydrogen) atoms. The van der Waals surface area contributed by atoms with E-state index in [4.69, 9.17) is 9.72 Å². The third-order valence-electron chi connectivity index (χ3n) is 6.34. The summed E-state index contributed by atoms with van der Waals surface area (Å²) in [5, 5.41) is 3.71. The lowest BCUT2D eigenvalue weighted by atomic mass is 9.95. The molecule has 1 amide bonds. The van der Waals surface area contributed by atoms with Crippen LogP contribution < -0.4 is 5.32 Å². The number of aryl methyl sites for hydroxylation is 2. The van der Waals surface area contributed by atoms with Crippen molar-refractivity contribution in [3.63, 3.8) is 0 Å². The highest BCUT2D eigenvalue weighted by Gasteiger charge is 2.29. The van der Waals surface area contributed by atoms with Crippen LogP contribution in [0, 0.1) is 13.8 Å². The second-order valence-electron chi connectivity index (χ2n) is 8.66. The number of carbonyl (C=O) groups excluding carboxylic acids is 2. The number of ether oxygens (including phenoxy) is 1.